The summed E-state index contributed by atoms with van der Waals surface area (Å²) in [4.78, 5) is 25.1. The Hall–Kier alpha value is -2.10. The van der Waals surface area contributed by atoms with Gasteiger partial charge in [0.1, 0.15) is 5.82 Å². The summed E-state index contributed by atoms with van der Waals surface area (Å²) in [5.41, 5.74) is 0.626. The number of carbonyl (C=O) groups excluding carboxylic acids is 2. The lowest BCUT2D eigenvalue weighted by Crippen LogP contribution is -2.42. The molecule has 4 nitrogen and oxygen atoms in total. The minimum atomic E-state index is -0.0914. The average Bonchev–Trinajstić information content (AvgIpc) is 2.40. The largest absolute Gasteiger partial charge is 0.371 e. The summed E-state index contributed by atoms with van der Waals surface area (Å²) in [6.45, 7) is 2.96. The molecule has 1 N–H and O–H groups in total. The Morgan fingerprint density at radius 3 is 2.67 bits per heavy atom. The van der Waals surface area contributed by atoms with Gasteiger partial charge in [0.2, 0.25) is 5.91 Å². The third-order valence-electron chi connectivity index (χ3n) is 2.86. The van der Waals surface area contributed by atoms with Crippen LogP contribution in [-0.4, -0.2) is 29.7 Å². The summed E-state index contributed by atoms with van der Waals surface area (Å²) in [7, 11) is 0. The Balaban J connectivity index is 2.20. The van der Waals surface area contributed by atoms with Crippen LogP contribution in [0, 0.1) is 0 Å². The lowest BCUT2D eigenvalue weighted by atomic mass is 10.1. The van der Waals surface area contributed by atoms with Crippen LogP contribution < -0.4 is 5.32 Å². The van der Waals surface area contributed by atoms with E-state index in [0.29, 0.717) is 17.9 Å². The Kier molecular flexibility index (Phi) is 3.77. The molecule has 0 saturated carbocycles. The third-order valence-corrected chi connectivity index (χ3v) is 2.86. The predicted octanol–water partition coefficient (Wildman–Crippen LogP) is 1.55. The number of benzene rings is 1. The van der Waals surface area contributed by atoms with Gasteiger partial charge in [0, 0.05) is 31.7 Å². The van der Waals surface area contributed by atoms with Crippen molar-refractivity contribution in [1.82, 2.24) is 10.2 Å². The van der Waals surface area contributed by atoms with E-state index in [1.807, 2.05) is 18.2 Å². The molecule has 1 aromatic rings. The van der Waals surface area contributed by atoms with E-state index >= 15 is 0 Å². The normalized spacial score (nSPS) is 17.4. The van der Waals surface area contributed by atoms with Crippen molar-refractivity contribution in [3.05, 3.63) is 47.8 Å². The molecule has 0 spiro atoms. The van der Waals surface area contributed by atoms with Gasteiger partial charge in [0.15, 0.2) is 5.78 Å². The molecule has 1 aliphatic heterocycles. The molecule has 4 heteroatoms. The van der Waals surface area contributed by atoms with Crippen LogP contribution in [0.4, 0.5) is 0 Å². The SMILES string of the molecule is CC(=O)N1CCCN/C1=C\C(=O)c1ccccc1. The highest BCUT2D eigenvalue weighted by Gasteiger charge is 2.19. The van der Waals surface area contributed by atoms with E-state index < -0.39 is 0 Å². The number of hydrogen-bond acceptors (Lipinski definition) is 3. The van der Waals surface area contributed by atoms with E-state index in [1.54, 1.807) is 17.0 Å². The van der Waals surface area contributed by atoms with E-state index in [4.69, 9.17) is 0 Å². The van der Waals surface area contributed by atoms with Crippen LogP contribution in [0.15, 0.2) is 42.2 Å². The van der Waals surface area contributed by atoms with Gasteiger partial charge in [-0.05, 0) is 6.42 Å². The number of nitrogens with zero attached hydrogens (tertiary/aromatic N) is 1. The fraction of sp³-hybridized carbons (Fsp3) is 0.286. The van der Waals surface area contributed by atoms with Gasteiger partial charge in [-0.25, -0.2) is 0 Å². The maximum Gasteiger partial charge on any atom is 0.224 e. The minimum absolute atomic E-state index is 0.0469. The molecule has 1 aromatic carbocycles. The first-order chi connectivity index (χ1) is 8.68. The number of rotatable bonds is 2. The molecule has 0 aliphatic carbocycles. The molecular formula is C14H16N2O2. The zero-order valence-electron chi connectivity index (χ0n) is 10.3. The molecule has 0 radical (unpaired) electrons. The Bertz CT molecular complexity index is 480. The minimum Gasteiger partial charge on any atom is -0.371 e. The average molecular weight is 244 g/mol. The zero-order valence-corrected chi connectivity index (χ0v) is 10.3. The Morgan fingerprint density at radius 1 is 1.28 bits per heavy atom. The molecule has 0 bridgehead atoms. The van der Waals surface area contributed by atoms with Crippen LogP contribution in [0.1, 0.15) is 23.7 Å². The highest BCUT2D eigenvalue weighted by molar-refractivity contribution is 6.05. The molecule has 1 heterocycles. The highest BCUT2D eigenvalue weighted by atomic mass is 16.2. The fourth-order valence-electron chi connectivity index (χ4n) is 1.94. The van der Waals surface area contributed by atoms with Crippen molar-refractivity contribution < 1.29 is 9.59 Å². The van der Waals surface area contributed by atoms with Gasteiger partial charge in [-0.15, -0.1) is 0 Å². The van der Waals surface area contributed by atoms with Gasteiger partial charge >= 0.3 is 0 Å². The molecule has 2 rings (SSSR count). The molecule has 0 unspecified atom stereocenters. The van der Waals surface area contributed by atoms with Crippen molar-refractivity contribution in [2.24, 2.45) is 0 Å². The molecule has 18 heavy (non-hydrogen) atoms. The Labute approximate surface area is 106 Å². The number of allylic oxidation sites excluding steroid dienone is 1. The first kappa shape index (κ1) is 12.4. The molecule has 1 amide bonds. The van der Waals surface area contributed by atoms with E-state index in [2.05, 4.69) is 5.32 Å². The van der Waals surface area contributed by atoms with Crippen LogP contribution in [-0.2, 0) is 4.79 Å². The summed E-state index contributed by atoms with van der Waals surface area (Å²) in [6, 6.07) is 9.04. The smallest absolute Gasteiger partial charge is 0.224 e. The summed E-state index contributed by atoms with van der Waals surface area (Å²) < 4.78 is 0. The van der Waals surface area contributed by atoms with Gasteiger partial charge in [0.25, 0.3) is 0 Å². The van der Waals surface area contributed by atoms with Crippen LogP contribution in [0.25, 0.3) is 0 Å². The molecule has 0 atom stereocenters. The van der Waals surface area contributed by atoms with Gasteiger partial charge in [-0.2, -0.15) is 0 Å². The van der Waals surface area contributed by atoms with Crippen LogP contribution >= 0.6 is 0 Å². The number of carbonyl (C=O) groups is 2. The Morgan fingerprint density at radius 2 is 2.00 bits per heavy atom. The standard InChI is InChI=1S/C14H16N2O2/c1-11(17)16-9-5-8-15-14(16)10-13(18)12-6-3-2-4-7-12/h2-4,6-7,10,15H,5,8-9H2,1H3/b14-10+. The van der Waals surface area contributed by atoms with Gasteiger partial charge < -0.3 is 5.32 Å². The molecule has 0 aromatic heterocycles. The highest BCUT2D eigenvalue weighted by Crippen LogP contribution is 2.10. The van der Waals surface area contributed by atoms with Crippen molar-refractivity contribution in [2.75, 3.05) is 13.1 Å². The maximum atomic E-state index is 12.0. The fourth-order valence-corrected chi connectivity index (χ4v) is 1.94. The molecule has 94 valence electrons. The lowest BCUT2D eigenvalue weighted by Gasteiger charge is -2.29. The lowest BCUT2D eigenvalue weighted by molar-refractivity contribution is -0.127. The maximum absolute atomic E-state index is 12.0. The van der Waals surface area contributed by atoms with E-state index in [1.165, 1.54) is 13.0 Å². The van der Waals surface area contributed by atoms with E-state index in [9.17, 15) is 9.59 Å². The van der Waals surface area contributed by atoms with Crippen LogP contribution in [0.3, 0.4) is 0 Å². The van der Waals surface area contributed by atoms with Crippen molar-refractivity contribution in [2.45, 2.75) is 13.3 Å². The van der Waals surface area contributed by atoms with Crippen LogP contribution in [0.5, 0.6) is 0 Å². The quantitative estimate of drug-likeness (QED) is 0.634. The van der Waals surface area contributed by atoms with Gasteiger partial charge in [-0.3, -0.25) is 14.5 Å². The first-order valence-electron chi connectivity index (χ1n) is 6.01. The zero-order chi connectivity index (χ0) is 13.0. The van der Waals surface area contributed by atoms with Crippen molar-refractivity contribution in [3.63, 3.8) is 0 Å². The van der Waals surface area contributed by atoms with E-state index in [0.717, 1.165) is 13.0 Å². The van der Waals surface area contributed by atoms with E-state index in [-0.39, 0.29) is 11.7 Å². The monoisotopic (exact) mass is 244 g/mol. The second-order valence-corrected chi connectivity index (χ2v) is 4.21. The second kappa shape index (κ2) is 5.49. The molecule has 1 fully saturated rings. The summed E-state index contributed by atoms with van der Waals surface area (Å²) in [6.07, 6.45) is 2.40. The summed E-state index contributed by atoms with van der Waals surface area (Å²) in [5.74, 6) is 0.461. The second-order valence-electron chi connectivity index (χ2n) is 4.21. The van der Waals surface area contributed by atoms with Crippen molar-refractivity contribution in [3.8, 4) is 0 Å². The molecule has 1 saturated heterocycles. The summed E-state index contributed by atoms with van der Waals surface area (Å²) >= 11 is 0. The van der Waals surface area contributed by atoms with Crippen molar-refractivity contribution >= 4 is 11.7 Å². The predicted molar refractivity (Wildman–Crippen MR) is 68.9 cm³/mol. The number of ketones is 1. The van der Waals surface area contributed by atoms with Gasteiger partial charge in [0.05, 0.1) is 0 Å². The summed E-state index contributed by atoms with van der Waals surface area (Å²) in [5, 5.41) is 3.10. The first-order valence-corrected chi connectivity index (χ1v) is 6.01. The van der Waals surface area contributed by atoms with Crippen LogP contribution in [0.2, 0.25) is 0 Å². The molecule has 1 aliphatic rings. The van der Waals surface area contributed by atoms with Gasteiger partial charge in [-0.1, -0.05) is 30.3 Å². The number of nitrogens with one attached hydrogen (secondary N) is 1. The third kappa shape index (κ3) is 2.77. The topological polar surface area (TPSA) is 49.4 Å². The number of hydrogen-bond donors (Lipinski definition) is 1. The molecular weight excluding hydrogens is 228 g/mol. The van der Waals surface area contributed by atoms with Crippen molar-refractivity contribution in [1.29, 1.82) is 0 Å². The number of amides is 1.